The van der Waals surface area contributed by atoms with Crippen molar-refractivity contribution in [2.24, 2.45) is 0 Å². The zero-order valence-electron chi connectivity index (χ0n) is 10.4. The maximum absolute atomic E-state index is 12.0. The molecule has 1 aromatic heterocycles. The average molecular weight is 421 g/mol. The Hall–Kier alpha value is -0.850. The highest BCUT2D eigenvalue weighted by Crippen LogP contribution is 2.18. The van der Waals surface area contributed by atoms with Crippen molar-refractivity contribution in [3.8, 4) is 0 Å². The first kappa shape index (κ1) is 15.5. The summed E-state index contributed by atoms with van der Waals surface area (Å²) in [6.07, 6.45) is 2.11. The van der Waals surface area contributed by atoms with E-state index in [1.54, 1.807) is 18.3 Å². The van der Waals surface area contributed by atoms with Gasteiger partial charge in [-0.05, 0) is 40.8 Å². The fourth-order valence-corrected chi connectivity index (χ4v) is 2.77. The number of hydrogen-bond donors (Lipinski definition) is 1. The normalized spacial score (nSPS) is 10.3. The summed E-state index contributed by atoms with van der Waals surface area (Å²) in [5, 5.41) is 3.87. The summed E-state index contributed by atoms with van der Waals surface area (Å²) < 4.78 is 0.922. The third-order valence-corrected chi connectivity index (χ3v) is 4.12. The van der Waals surface area contributed by atoms with Crippen molar-refractivity contribution in [3.63, 3.8) is 0 Å². The first-order chi connectivity index (χ1) is 9.58. The van der Waals surface area contributed by atoms with E-state index in [1.807, 2.05) is 18.2 Å². The van der Waals surface area contributed by atoms with Crippen LogP contribution in [0.3, 0.4) is 0 Å². The Balaban J connectivity index is 1.93. The van der Waals surface area contributed by atoms with Crippen LogP contribution in [0.4, 0.5) is 0 Å². The zero-order chi connectivity index (χ0) is 14.5. The minimum Gasteiger partial charge on any atom is -0.352 e. The molecule has 0 fully saturated rings. The number of carbonyl (C=O) groups is 1. The second-order valence-electron chi connectivity index (χ2n) is 4.07. The molecule has 0 spiro atoms. The van der Waals surface area contributed by atoms with Gasteiger partial charge in [-0.1, -0.05) is 35.3 Å². The largest absolute Gasteiger partial charge is 0.352 e. The molecule has 2 aromatic rings. The maximum atomic E-state index is 12.0. The third-order valence-electron chi connectivity index (χ3n) is 2.65. The van der Waals surface area contributed by atoms with Crippen LogP contribution in [-0.2, 0) is 6.42 Å². The van der Waals surface area contributed by atoms with Gasteiger partial charge < -0.3 is 5.32 Å². The second-order valence-corrected chi connectivity index (χ2v) is 6.07. The Bertz CT molecular complexity index is 634. The van der Waals surface area contributed by atoms with Crippen LogP contribution in [-0.4, -0.2) is 17.4 Å². The summed E-state index contributed by atoms with van der Waals surface area (Å²) in [7, 11) is 0. The highest BCUT2D eigenvalue weighted by atomic mass is 127. The minimum atomic E-state index is -0.0971. The molecule has 104 valence electrons. The third kappa shape index (κ3) is 4.07. The number of benzene rings is 1. The summed E-state index contributed by atoms with van der Waals surface area (Å²) >= 11 is 13.9. The molecule has 1 heterocycles. The van der Waals surface area contributed by atoms with Crippen LogP contribution >= 0.6 is 45.8 Å². The van der Waals surface area contributed by atoms with Crippen molar-refractivity contribution in [1.82, 2.24) is 10.3 Å². The van der Waals surface area contributed by atoms with Gasteiger partial charge in [0, 0.05) is 22.7 Å². The van der Waals surface area contributed by atoms with E-state index in [2.05, 4.69) is 32.9 Å². The van der Waals surface area contributed by atoms with Crippen LogP contribution < -0.4 is 5.32 Å². The van der Waals surface area contributed by atoms with Crippen LogP contribution in [0.1, 0.15) is 16.1 Å². The van der Waals surface area contributed by atoms with Crippen molar-refractivity contribution < 1.29 is 4.79 Å². The van der Waals surface area contributed by atoms with E-state index in [4.69, 9.17) is 23.2 Å². The maximum Gasteiger partial charge on any atom is 0.252 e. The highest BCUT2D eigenvalue weighted by molar-refractivity contribution is 14.1. The fourth-order valence-electron chi connectivity index (χ4n) is 1.66. The summed E-state index contributed by atoms with van der Waals surface area (Å²) in [5.74, 6) is -0.0971. The molecule has 0 radical (unpaired) electrons. The molecule has 3 nitrogen and oxygen atoms in total. The van der Waals surface area contributed by atoms with E-state index in [0.29, 0.717) is 28.6 Å². The van der Waals surface area contributed by atoms with Gasteiger partial charge in [0.2, 0.25) is 0 Å². The standard InChI is InChI=1S/C14H11Cl2IN2O/c15-9-7-11(16)13(19-8-9)5-6-18-14(20)10-3-1-2-4-12(10)17/h1-4,7-8H,5-6H2,(H,18,20). The Morgan fingerprint density at radius 2 is 2.05 bits per heavy atom. The number of nitrogens with zero attached hydrogens (tertiary/aromatic N) is 1. The Morgan fingerprint density at radius 3 is 2.75 bits per heavy atom. The van der Waals surface area contributed by atoms with E-state index in [9.17, 15) is 4.79 Å². The van der Waals surface area contributed by atoms with Gasteiger partial charge in [-0.2, -0.15) is 0 Å². The predicted molar refractivity (Wildman–Crippen MR) is 89.5 cm³/mol. The molecular formula is C14H11Cl2IN2O. The van der Waals surface area contributed by atoms with Gasteiger partial charge in [0.05, 0.1) is 21.3 Å². The van der Waals surface area contributed by atoms with Crippen LogP contribution in [0, 0.1) is 3.57 Å². The summed E-state index contributed by atoms with van der Waals surface area (Å²) in [6, 6.07) is 9.08. The molecule has 0 saturated carbocycles. The molecule has 0 aliphatic heterocycles. The van der Waals surface area contributed by atoms with E-state index in [0.717, 1.165) is 9.26 Å². The molecular weight excluding hydrogens is 410 g/mol. The monoisotopic (exact) mass is 420 g/mol. The Kier molecular flexibility index (Phi) is 5.63. The highest BCUT2D eigenvalue weighted by Gasteiger charge is 2.09. The first-order valence-electron chi connectivity index (χ1n) is 5.90. The number of aromatic nitrogens is 1. The molecule has 1 aromatic carbocycles. The summed E-state index contributed by atoms with van der Waals surface area (Å²) in [4.78, 5) is 16.2. The lowest BCUT2D eigenvalue weighted by Gasteiger charge is -2.07. The summed E-state index contributed by atoms with van der Waals surface area (Å²) in [5.41, 5.74) is 1.39. The number of halogens is 3. The molecule has 0 saturated heterocycles. The van der Waals surface area contributed by atoms with Crippen molar-refractivity contribution in [2.75, 3.05) is 6.54 Å². The SMILES string of the molecule is O=C(NCCc1ncc(Cl)cc1Cl)c1ccccc1I. The average Bonchev–Trinajstić information content (AvgIpc) is 2.41. The minimum absolute atomic E-state index is 0.0971. The molecule has 0 atom stereocenters. The van der Waals surface area contributed by atoms with Crippen molar-refractivity contribution in [3.05, 3.63) is 61.4 Å². The number of amides is 1. The van der Waals surface area contributed by atoms with Gasteiger partial charge in [0.25, 0.3) is 5.91 Å². The van der Waals surface area contributed by atoms with Crippen molar-refractivity contribution in [2.45, 2.75) is 6.42 Å². The second kappa shape index (κ2) is 7.24. The van der Waals surface area contributed by atoms with Crippen LogP contribution in [0.25, 0.3) is 0 Å². The number of nitrogens with one attached hydrogen (secondary N) is 1. The fraction of sp³-hybridized carbons (Fsp3) is 0.143. The number of carbonyl (C=O) groups excluding carboxylic acids is 1. The van der Waals surface area contributed by atoms with Crippen LogP contribution in [0.2, 0.25) is 10.0 Å². The lowest BCUT2D eigenvalue weighted by atomic mass is 10.2. The van der Waals surface area contributed by atoms with Gasteiger partial charge >= 0.3 is 0 Å². The molecule has 1 N–H and O–H groups in total. The first-order valence-corrected chi connectivity index (χ1v) is 7.74. The van der Waals surface area contributed by atoms with Crippen LogP contribution in [0.5, 0.6) is 0 Å². The van der Waals surface area contributed by atoms with Crippen molar-refractivity contribution in [1.29, 1.82) is 0 Å². The van der Waals surface area contributed by atoms with E-state index < -0.39 is 0 Å². The zero-order valence-corrected chi connectivity index (χ0v) is 14.0. The smallest absolute Gasteiger partial charge is 0.252 e. The molecule has 0 aliphatic carbocycles. The van der Waals surface area contributed by atoms with Gasteiger partial charge in [0.15, 0.2) is 0 Å². The molecule has 2 rings (SSSR count). The van der Waals surface area contributed by atoms with Crippen LogP contribution in [0.15, 0.2) is 36.5 Å². The van der Waals surface area contributed by atoms with Gasteiger partial charge in [-0.15, -0.1) is 0 Å². The number of pyridine rings is 1. The predicted octanol–water partition coefficient (Wildman–Crippen LogP) is 3.97. The van der Waals surface area contributed by atoms with Gasteiger partial charge in [0.1, 0.15) is 0 Å². The van der Waals surface area contributed by atoms with Gasteiger partial charge in [-0.25, -0.2) is 0 Å². The Labute approximate surface area is 140 Å². The van der Waals surface area contributed by atoms with E-state index in [1.165, 1.54) is 0 Å². The molecule has 1 amide bonds. The topological polar surface area (TPSA) is 42.0 Å². The Morgan fingerprint density at radius 1 is 1.30 bits per heavy atom. The molecule has 0 aliphatic rings. The number of rotatable bonds is 4. The van der Waals surface area contributed by atoms with E-state index in [-0.39, 0.29) is 5.91 Å². The van der Waals surface area contributed by atoms with Crippen molar-refractivity contribution >= 4 is 51.7 Å². The molecule has 0 unspecified atom stereocenters. The molecule has 0 bridgehead atoms. The van der Waals surface area contributed by atoms with Gasteiger partial charge in [-0.3, -0.25) is 9.78 Å². The lowest BCUT2D eigenvalue weighted by molar-refractivity contribution is 0.0953. The molecule has 20 heavy (non-hydrogen) atoms. The molecule has 6 heteroatoms. The number of hydrogen-bond acceptors (Lipinski definition) is 2. The van der Waals surface area contributed by atoms with E-state index >= 15 is 0 Å². The quantitative estimate of drug-likeness (QED) is 0.760. The lowest BCUT2D eigenvalue weighted by Crippen LogP contribution is -2.26. The summed E-state index contributed by atoms with van der Waals surface area (Å²) in [6.45, 7) is 0.470.